The van der Waals surface area contributed by atoms with E-state index in [4.69, 9.17) is 5.26 Å². The largest absolute Gasteiger partial charge is 0.270 e. The van der Waals surface area contributed by atoms with Crippen molar-refractivity contribution in [1.82, 2.24) is 0 Å². The van der Waals surface area contributed by atoms with Crippen LogP contribution in [0.4, 0.5) is 0 Å². The Morgan fingerprint density at radius 3 is 2.60 bits per heavy atom. The van der Waals surface area contributed by atoms with E-state index in [1.165, 1.54) is 0 Å². The molecular weight excluding hydrogens is 154 g/mol. The predicted molar refractivity (Wildman–Crippen MR) is 35.6 cm³/mol. The summed E-state index contributed by atoms with van der Waals surface area (Å²) in [6.45, 7) is 0.104. The van der Waals surface area contributed by atoms with Crippen LogP contribution in [0.2, 0.25) is 0 Å². The van der Waals surface area contributed by atoms with Gasteiger partial charge in [-0.3, -0.25) is 4.18 Å². The van der Waals surface area contributed by atoms with Crippen molar-refractivity contribution >= 4 is 10.1 Å². The Balaban J connectivity index is 3.32. The highest BCUT2D eigenvalue weighted by atomic mass is 32.2. The minimum atomic E-state index is -3.31. The van der Waals surface area contributed by atoms with Crippen LogP contribution in [0.25, 0.3) is 0 Å². The number of hydrogen-bond donors (Lipinski definition) is 0. The molecule has 0 N–H and O–H groups in total. The lowest BCUT2D eigenvalue weighted by molar-refractivity contribution is 0.317. The first-order valence-corrected chi connectivity index (χ1v) is 4.59. The van der Waals surface area contributed by atoms with Gasteiger partial charge < -0.3 is 0 Å². The summed E-state index contributed by atoms with van der Waals surface area (Å²) >= 11 is 0. The molecule has 0 bridgehead atoms. The van der Waals surface area contributed by atoms with Crippen LogP contribution in [-0.2, 0) is 14.3 Å². The van der Waals surface area contributed by atoms with Crippen LogP contribution in [0.3, 0.4) is 0 Å². The van der Waals surface area contributed by atoms with Crippen molar-refractivity contribution in [2.45, 2.75) is 12.8 Å². The molecule has 0 aliphatic heterocycles. The maximum Gasteiger partial charge on any atom is 0.264 e. The molecule has 0 heterocycles. The SMILES string of the molecule is CS(=O)(=O)OCCCC#N. The maximum atomic E-state index is 10.3. The molecule has 0 saturated heterocycles. The molecule has 0 unspecified atom stereocenters. The van der Waals surface area contributed by atoms with Gasteiger partial charge in [0.05, 0.1) is 18.9 Å². The van der Waals surface area contributed by atoms with E-state index in [-0.39, 0.29) is 6.61 Å². The van der Waals surface area contributed by atoms with Gasteiger partial charge in [0.15, 0.2) is 0 Å². The lowest BCUT2D eigenvalue weighted by atomic mass is 10.4. The van der Waals surface area contributed by atoms with E-state index in [1.54, 1.807) is 0 Å². The Hall–Kier alpha value is -0.600. The summed E-state index contributed by atoms with van der Waals surface area (Å²) in [7, 11) is -3.31. The summed E-state index contributed by atoms with van der Waals surface area (Å²) in [4.78, 5) is 0. The first kappa shape index (κ1) is 9.40. The van der Waals surface area contributed by atoms with Crippen LogP contribution in [0.15, 0.2) is 0 Å². The van der Waals surface area contributed by atoms with Gasteiger partial charge in [-0.05, 0) is 6.42 Å². The number of hydrogen-bond acceptors (Lipinski definition) is 4. The molecule has 0 fully saturated rings. The van der Waals surface area contributed by atoms with Gasteiger partial charge in [0.2, 0.25) is 0 Å². The predicted octanol–water partition coefficient (Wildman–Crippen LogP) is 0.266. The molecule has 0 aliphatic carbocycles. The molecule has 58 valence electrons. The lowest BCUT2D eigenvalue weighted by Crippen LogP contribution is -2.03. The van der Waals surface area contributed by atoms with Crippen LogP contribution in [-0.4, -0.2) is 21.3 Å². The molecule has 0 aromatic rings. The van der Waals surface area contributed by atoms with Gasteiger partial charge in [0, 0.05) is 6.42 Å². The van der Waals surface area contributed by atoms with Crippen molar-refractivity contribution in [2.75, 3.05) is 12.9 Å². The molecule has 0 saturated carbocycles. The number of nitriles is 1. The molecule has 5 heteroatoms. The van der Waals surface area contributed by atoms with E-state index in [2.05, 4.69) is 4.18 Å². The minimum Gasteiger partial charge on any atom is -0.270 e. The summed E-state index contributed by atoms with van der Waals surface area (Å²) in [6, 6.07) is 1.88. The summed E-state index contributed by atoms with van der Waals surface area (Å²) in [5, 5.41) is 8.04. The topological polar surface area (TPSA) is 67.2 Å². The van der Waals surface area contributed by atoms with Crippen LogP contribution in [0.5, 0.6) is 0 Å². The van der Waals surface area contributed by atoms with Crippen molar-refractivity contribution in [3.8, 4) is 6.07 Å². The Morgan fingerprint density at radius 2 is 2.20 bits per heavy atom. The van der Waals surface area contributed by atoms with Gasteiger partial charge in [-0.15, -0.1) is 0 Å². The fourth-order valence-corrected chi connectivity index (χ4v) is 0.782. The quantitative estimate of drug-likeness (QED) is 0.440. The average Bonchev–Trinajstić information content (AvgIpc) is 1.78. The van der Waals surface area contributed by atoms with Crippen molar-refractivity contribution in [2.24, 2.45) is 0 Å². The second-order valence-electron chi connectivity index (χ2n) is 1.79. The zero-order valence-electron chi connectivity index (χ0n) is 5.70. The number of rotatable bonds is 4. The van der Waals surface area contributed by atoms with E-state index >= 15 is 0 Å². The number of nitrogens with zero attached hydrogens (tertiary/aromatic N) is 1. The molecule has 0 aromatic heterocycles. The van der Waals surface area contributed by atoms with E-state index in [0.29, 0.717) is 12.8 Å². The van der Waals surface area contributed by atoms with Crippen molar-refractivity contribution in [3.05, 3.63) is 0 Å². The third-order valence-corrected chi connectivity index (χ3v) is 1.33. The summed E-state index contributed by atoms with van der Waals surface area (Å²) < 4.78 is 24.9. The van der Waals surface area contributed by atoms with Gasteiger partial charge in [-0.2, -0.15) is 13.7 Å². The monoisotopic (exact) mass is 163 g/mol. The summed E-state index contributed by atoms with van der Waals surface area (Å²) in [5.74, 6) is 0. The van der Waals surface area contributed by atoms with E-state index in [9.17, 15) is 8.42 Å². The molecule has 0 radical (unpaired) electrons. The lowest BCUT2D eigenvalue weighted by Gasteiger charge is -1.95. The second-order valence-corrected chi connectivity index (χ2v) is 3.43. The molecule has 4 nitrogen and oxygen atoms in total. The Labute approximate surface area is 60.5 Å². The van der Waals surface area contributed by atoms with Crippen molar-refractivity contribution in [1.29, 1.82) is 5.26 Å². The fraction of sp³-hybridized carbons (Fsp3) is 0.800. The van der Waals surface area contributed by atoms with E-state index < -0.39 is 10.1 Å². The molecule has 0 aliphatic rings. The fourth-order valence-electron chi connectivity index (χ4n) is 0.362. The Kier molecular flexibility index (Phi) is 4.00. The highest BCUT2D eigenvalue weighted by Crippen LogP contribution is 1.91. The summed E-state index contributed by atoms with van der Waals surface area (Å²) in [6.07, 6.45) is 1.78. The molecule has 0 atom stereocenters. The van der Waals surface area contributed by atoms with Gasteiger partial charge in [0.25, 0.3) is 10.1 Å². The van der Waals surface area contributed by atoms with Crippen LogP contribution in [0, 0.1) is 11.3 Å². The van der Waals surface area contributed by atoms with E-state index in [1.807, 2.05) is 6.07 Å². The normalized spacial score (nSPS) is 10.8. The van der Waals surface area contributed by atoms with Crippen LogP contribution >= 0.6 is 0 Å². The van der Waals surface area contributed by atoms with Gasteiger partial charge >= 0.3 is 0 Å². The molecule has 0 rings (SSSR count). The third-order valence-electron chi connectivity index (χ3n) is 0.730. The highest BCUT2D eigenvalue weighted by Gasteiger charge is 1.98. The molecule has 0 aromatic carbocycles. The van der Waals surface area contributed by atoms with E-state index in [0.717, 1.165) is 6.26 Å². The van der Waals surface area contributed by atoms with Gasteiger partial charge in [-0.1, -0.05) is 0 Å². The van der Waals surface area contributed by atoms with Gasteiger partial charge in [-0.25, -0.2) is 0 Å². The van der Waals surface area contributed by atoms with Crippen LogP contribution in [0.1, 0.15) is 12.8 Å². The molecular formula is C5H9NO3S. The van der Waals surface area contributed by atoms with Gasteiger partial charge in [0.1, 0.15) is 0 Å². The Morgan fingerprint density at radius 1 is 1.60 bits per heavy atom. The maximum absolute atomic E-state index is 10.3. The van der Waals surface area contributed by atoms with Crippen molar-refractivity contribution in [3.63, 3.8) is 0 Å². The first-order chi connectivity index (χ1) is 4.56. The molecule has 10 heavy (non-hydrogen) atoms. The Bertz CT molecular complexity index is 214. The zero-order valence-corrected chi connectivity index (χ0v) is 6.52. The smallest absolute Gasteiger partial charge is 0.264 e. The first-order valence-electron chi connectivity index (χ1n) is 2.77. The molecule has 0 spiro atoms. The van der Waals surface area contributed by atoms with Crippen LogP contribution < -0.4 is 0 Å². The third kappa shape index (κ3) is 7.40. The molecule has 0 amide bonds. The minimum absolute atomic E-state index is 0.104. The standard InChI is InChI=1S/C5H9NO3S/c1-10(7,8)9-5-3-2-4-6/h2-3,5H2,1H3. The average molecular weight is 163 g/mol. The van der Waals surface area contributed by atoms with Crippen molar-refractivity contribution < 1.29 is 12.6 Å². The number of unbranched alkanes of at least 4 members (excludes halogenated alkanes) is 1. The zero-order chi connectivity index (χ0) is 8.04. The summed E-state index contributed by atoms with van der Waals surface area (Å²) in [5.41, 5.74) is 0. The second kappa shape index (κ2) is 4.25. The highest BCUT2D eigenvalue weighted by molar-refractivity contribution is 7.85.